The number of nitrogens with one attached hydrogen (secondary N) is 1. The van der Waals surface area contributed by atoms with Gasteiger partial charge in [-0.25, -0.2) is 0 Å². The first-order chi connectivity index (χ1) is 9.14. The van der Waals surface area contributed by atoms with Crippen molar-refractivity contribution in [1.29, 1.82) is 0 Å². The summed E-state index contributed by atoms with van der Waals surface area (Å²) in [6.07, 6.45) is 0.318. The van der Waals surface area contributed by atoms with E-state index < -0.39 is 5.54 Å². The highest BCUT2D eigenvalue weighted by Gasteiger charge is 2.44. The minimum Gasteiger partial charge on any atom is -0.493 e. The molecule has 1 aliphatic rings. The van der Waals surface area contributed by atoms with Crippen molar-refractivity contribution in [2.45, 2.75) is 25.8 Å². The molecule has 1 aliphatic heterocycles. The molecule has 2 atom stereocenters. The molecule has 0 amide bonds. The summed E-state index contributed by atoms with van der Waals surface area (Å²) in [5, 5.41) is 3.33. The number of hydrogen-bond acceptors (Lipinski definition) is 4. The molecule has 1 aromatic rings. The number of esters is 1. The number of para-hydroxylation sites is 1. The Kier molecular flexibility index (Phi) is 4.10. The summed E-state index contributed by atoms with van der Waals surface area (Å²) in [5.74, 6) is 0.858. The number of ether oxygens (including phenoxy) is 2. The lowest BCUT2D eigenvalue weighted by molar-refractivity contribution is -0.146. The van der Waals surface area contributed by atoms with Crippen molar-refractivity contribution in [3.8, 4) is 5.75 Å². The van der Waals surface area contributed by atoms with Crippen molar-refractivity contribution in [2.75, 3.05) is 20.3 Å². The number of carbonyl (C=O) groups is 1. The zero-order valence-electron chi connectivity index (χ0n) is 11.7. The van der Waals surface area contributed by atoms with E-state index in [1.807, 2.05) is 38.2 Å². The average molecular weight is 263 g/mol. The van der Waals surface area contributed by atoms with Crippen molar-refractivity contribution in [3.63, 3.8) is 0 Å². The first-order valence-corrected chi connectivity index (χ1v) is 6.71. The van der Waals surface area contributed by atoms with Crippen molar-refractivity contribution in [1.82, 2.24) is 5.32 Å². The summed E-state index contributed by atoms with van der Waals surface area (Å²) in [6.45, 7) is 4.92. The molecule has 0 bridgehead atoms. The minimum absolute atomic E-state index is 0.180. The van der Waals surface area contributed by atoms with Gasteiger partial charge in [0.1, 0.15) is 5.75 Å². The molecule has 1 N–H and O–H groups in total. The lowest BCUT2D eigenvalue weighted by Gasteiger charge is -2.43. The fraction of sp³-hybridized carbons (Fsp3) is 0.533. The summed E-state index contributed by atoms with van der Waals surface area (Å²) in [7, 11) is 1.89. The van der Waals surface area contributed by atoms with Gasteiger partial charge in [0, 0.05) is 11.5 Å². The van der Waals surface area contributed by atoms with E-state index in [0.29, 0.717) is 19.6 Å². The number of benzene rings is 1. The SMILES string of the molecule is CCOC(=O)CC1(NC)c2ccccc2OCC1C. The Hall–Kier alpha value is -1.55. The predicted octanol–water partition coefficient (Wildman–Crippen LogP) is 2.08. The van der Waals surface area contributed by atoms with Gasteiger partial charge in [0.15, 0.2) is 0 Å². The molecule has 0 radical (unpaired) electrons. The van der Waals surface area contributed by atoms with Crippen molar-refractivity contribution >= 4 is 5.97 Å². The van der Waals surface area contributed by atoms with E-state index in [1.54, 1.807) is 0 Å². The zero-order valence-corrected chi connectivity index (χ0v) is 11.7. The third kappa shape index (κ3) is 2.45. The number of fused-ring (bicyclic) bond motifs is 1. The Morgan fingerprint density at radius 1 is 1.53 bits per heavy atom. The van der Waals surface area contributed by atoms with Crippen LogP contribution >= 0.6 is 0 Å². The van der Waals surface area contributed by atoms with Gasteiger partial charge in [0.2, 0.25) is 0 Å². The molecule has 0 saturated heterocycles. The summed E-state index contributed by atoms with van der Waals surface area (Å²) in [5.41, 5.74) is 0.616. The van der Waals surface area contributed by atoms with Crippen LogP contribution in [-0.2, 0) is 15.1 Å². The molecular formula is C15H21NO3. The van der Waals surface area contributed by atoms with Crippen LogP contribution in [0.3, 0.4) is 0 Å². The van der Waals surface area contributed by atoms with Crippen LogP contribution in [0.15, 0.2) is 24.3 Å². The Labute approximate surface area is 114 Å². The predicted molar refractivity (Wildman–Crippen MR) is 73.1 cm³/mol. The first-order valence-electron chi connectivity index (χ1n) is 6.71. The molecule has 0 fully saturated rings. The molecule has 2 unspecified atom stereocenters. The molecule has 1 aromatic carbocycles. The summed E-state index contributed by atoms with van der Waals surface area (Å²) in [6, 6.07) is 7.87. The van der Waals surface area contributed by atoms with Gasteiger partial charge < -0.3 is 14.8 Å². The van der Waals surface area contributed by atoms with Crippen molar-refractivity contribution < 1.29 is 14.3 Å². The van der Waals surface area contributed by atoms with Crippen LogP contribution < -0.4 is 10.1 Å². The molecule has 4 heteroatoms. The topological polar surface area (TPSA) is 47.6 Å². The van der Waals surface area contributed by atoms with Crippen molar-refractivity contribution in [3.05, 3.63) is 29.8 Å². The molecular weight excluding hydrogens is 242 g/mol. The van der Waals surface area contributed by atoms with Crippen LogP contribution in [0.2, 0.25) is 0 Å². The monoisotopic (exact) mass is 263 g/mol. The van der Waals surface area contributed by atoms with E-state index in [-0.39, 0.29) is 11.9 Å². The van der Waals surface area contributed by atoms with Crippen LogP contribution in [0.4, 0.5) is 0 Å². The maximum absolute atomic E-state index is 11.9. The van der Waals surface area contributed by atoms with Gasteiger partial charge in [0.05, 0.1) is 25.2 Å². The molecule has 1 heterocycles. The van der Waals surface area contributed by atoms with E-state index in [1.165, 1.54) is 0 Å². The second-order valence-electron chi connectivity index (χ2n) is 4.91. The highest BCUT2D eigenvalue weighted by molar-refractivity contribution is 5.72. The number of hydrogen-bond donors (Lipinski definition) is 1. The van der Waals surface area contributed by atoms with Gasteiger partial charge in [0.25, 0.3) is 0 Å². The molecule has 19 heavy (non-hydrogen) atoms. The standard InChI is InChI=1S/C15H21NO3/c1-4-18-14(17)9-15(16-3)11(2)10-19-13-8-6-5-7-12(13)15/h5-8,11,16H,4,9-10H2,1-3H3. The van der Waals surface area contributed by atoms with Gasteiger partial charge >= 0.3 is 5.97 Å². The smallest absolute Gasteiger partial charge is 0.308 e. The molecule has 104 valence electrons. The van der Waals surface area contributed by atoms with Gasteiger partial charge in [-0.1, -0.05) is 25.1 Å². The van der Waals surface area contributed by atoms with Gasteiger partial charge in [-0.15, -0.1) is 0 Å². The lowest BCUT2D eigenvalue weighted by atomic mass is 9.75. The summed E-state index contributed by atoms with van der Waals surface area (Å²) >= 11 is 0. The highest BCUT2D eigenvalue weighted by atomic mass is 16.5. The van der Waals surface area contributed by atoms with Gasteiger partial charge in [-0.3, -0.25) is 4.79 Å². The number of carbonyl (C=O) groups excluding carboxylic acids is 1. The molecule has 0 aliphatic carbocycles. The van der Waals surface area contributed by atoms with Crippen LogP contribution in [0.25, 0.3) is 0 Å². The number of rotatable bonds is 4. The van der Waals surface area contributed by atoms with E-state index in [9.17, 15) is 4.79 Å². The van der Waals surface area contributed by atoms with Crippen LogP contribution in [0.5, 0.6) is 5.75 Å². The Morgan fingerprint density at radius 3 is 2.95 bits per heavy atom. The second kappa shape index (κ2) is 5.61. The first kappa shape index (κ1) is 13.9. The van der Waals surface area contributed by atoms with Crippen LogP contribution in [0, 0.1) is 5.92 Å². The highest BCUT2D eigenvalue weighted by Crippen LogP contribution is 2.42. The van der Waals surface area contributed by atoms with Crippen LogP contribution in [0.1, 0.15) is 25.8 Å². The maximum Gasteiger partial charge on any atom is 0.308 e. The minimum atomic E-state index is -0.416. The van der Waals surface area contributed by atoms with E-state index >= 15 is 0 Å². The maximum atomic E-state index is 11.9. The summed E-state index contributed by atoms with van der Waals surface area (Å²) < 4.78 is 10.9. The fourth-order valence-corrected chi connectivity index (χ4v) is 2.76. The van der Waals surface area contributed by atoms with Gasteiger partial charge in [-0.2, -0.15) is 0 Å². The Morgan fingerprint density at radius 2 is 2.26 bits per heavy atom. The Bertz CT molecular complexity index is 460. The van der Waals surface area contributed by atoms with Crippen molar-refractivity contribution in [2.24, 2.45) is 5.92 Å². The third-order valence-electron chi connectivity index (χ3n) is 3.87. The fourth-order valence-electron chi connectivity index (χ4n) is 2.76. The third-order valence-corrected chi connectivity index (χ3v) is 3.87. The normalized spacial score (nSPS) is 25.3. The van der Waals surface area contributed by atoms with Gasteiger partial charge in [-0.05, 0) is 20.0 Å². The molecule has 0 saturated carbocycles. The van der Waals surface area contributed by atoms with Crippen LogP contribution in [-0.4, -0.2) is 26.2 Å². The quantitative estimate of drug-likeness (QED) is 0.845. The van der Waals surface area contributed by atoms with E-state index in [0.717, 1.165) is 11.3 Å². The summed E-state index contributed by atoms with van der Waals surface area (Å²) in [4.78, 5) is 11.9. The molecule has 0 spiro atoms. The lowest BCUT2D eigenvalue weighted by Crippen LogP contribution is -2.51. The molecule has 2 rings (SSSR count). The largest absolute Gasteiger partial charge is 0.493 e. The zero-order chi connectivity index (χ0) is 13.9. The molecule has 4 nitrogen and oxygen atoms in total. The second-order valence-corrected chi connectivity index (χ2v) is 4.91. The Balaban J connectivity index is 2.39. The molecule has 0 aromatic heterocycles. The van der Waals surface area contributed by atoms with E-state index in [4.69, 9.17) is 9.47 Å². The average Bonchev–Trinajstić information content (AvgIpc) is 2.42. The van der Waals surface area contributed by atoms with E-state index in [2.05, 4.69) is 12.2 Å².